The zero-order valence-electron chi connectivity index (χ0n) is 21.9. The average molecular weight is 588 g/mol. The van der Waals surface area contributed by atoms with Crippen LogP contribution in [-0.2, 0) is 20.9 Å². The molecule has 1 aliphatic heterocycles. The predicted octanol–water partition coefficient (Wildman–Crippen LogP) is 1.26. The van der Waals surface area contributed by atoms with Gasteiger partial charge in [-0.05, 0) is 19.1 Å². The lowest BCUT2D eigenvalue weighted by Gasteiger charge is -2.39. The molecule has 0 saturated carbocycles. The number of carbonyl (C=O) groups is 3. The van der Waals surface area contributed by atoms with Crippen molar-refractivity contribution in [1.29, 1.82) is 0 Å². The molecule has 15 heteroatoms. The highest BCUT2D eigenvalue weighted by Crippen LogP contribution is 2.29. The first kappa shape index (κ1) is 29.6. The first-order valence-corrected chi connectivity index (χ1v) is 13.4. The van der Waals surface area contributed by atoms with Crippen LogP contribution in [0.15, 0.2) is 32.8 Å². The molecule has 3 N–H and O–H groups in total. The Morgan fingerprint density at radius 2 is 1.80 bits per heavy atom. The fourth-order valence-corrected chi connectivity index (χ4v) is 5.14. The van der Waals surface area contributed by atoms with E-state index in [1.165, 1.54) is 6.07 Å². The number of carboxylic acid groups (broad SMARTS) is 2. The van der Waals surface area contributed by atoms with E-state index in [0.29, 0.717) is 17.8 Å². The summed E-state index contributed by atoms with van der Waals surface area (Å²) in [6.45, 7) is 2.45. The van der Waals surface area contributed by atoms with Gasteiger partial charge in [0.25, 0.3) is 17.0 Å². The molecule has 2 aromatic heterocycles. The van der Waals surface area contributed by atoms with Gasteiger partial charge in [0.1, 0.15) is 11.4 Å². The van der Waals surface area contributed by atoms with E-state index >= 15 is 4.39 Å². The third-order valence-electron chi connectivity index (χ3n) is 6.60. The third kappa shape index (κ3) is 6.18. The van der Waals surface area contributed by atoms with Crippen LogP contribution in [-0.4, -0.2) is 90.4 Å². The van der Waals surface area contributed by atoms with E-state index in [9.17, 15) is 24.3 Å². The number of piperazine rings is 1. The summed E-state index contributed by atoms with van der Waals surface area (Å²) in [7, 11) is 0. The van der Waals surface area contributed by atoms with E-state index in [-0.39, 0.29) is 53.9 Å². The first-order chi connectivity index (χ1) is 19.5. The SMILES string of the molecule is C#CCSc1nnc(-c2cn(CC)c3cc(N4CCN(C(=O)C(O)(CC(=O)O)CC(=O)O)CC4)c(F)cc3c2=O)o1. The van der Waals surface area contributed by atoms with Crippen LogP contribution in [0.2, 0.25) is 0 Å². The Labute approximate surface area is 236 Å². The van der Waals surface area contributed by atoms with Crippen LogP contribution in [0, 0.1) is 18.2 Å². The summed E-state index contributed by atoms with van der Waals surface area (Å²) >= 11 is 1.14. The number of aliphatic carboxylic acids is 2. The molecule has 1 aliphatic rings. The molecular formula is C26H26FN5O8S. The number of thioether (sulfide) groups is 1. The van der Waals surface area contributed by atoms with Crippen LogP contribution >= 0.6 is 11.8 Å². The predicted molar refractivity (Wildman–Crippen MR) is 145 cm³/mol. The third-order valence-corrected chi connectivity index (χ3v) is 7.32. The molecule has 0 unspecified atom stereocenters. The fourth-order valence-electron chi connectivity index (χ4n) is 4.69. The van der Waals surface area contributed by atoms with Crippen LogP contribution in [0.3, 0.4) is 0 Å². The minimum absolute atomic E-state index is 0.0188. The number of rotatable bonds is 10. The highest BCUT2D eigenvalue weighted by Gasteiger charge is 2.44. The van der Waals surface area contributed by atoms with E-state index < -0.39 is 47.5 Å². The monoisotopic (exact) mass is 587 g/mol. The van der Waals surface area contributed by atoms with Gasteiger partial charge in [0, 0.05) is 44.3 Å². The molecule has 0 spiro atoms. The number of nitrogens with zero attached hydrogens (tertiary/aromatic N) is 5. The van der Waals surface area contributed by atoms with Gasteiger partial charge >= 0.3 is 11.9 Å². The number of hydrogen-bond donors (Lipinski definition) is 3. The zero-order chi connectivity index (χ0) is 29.9. The standard InChI is InChI=1S/C26H26FN5O8S/c1-3-9-41-25-29-28-23(40-25)16-14-30(4-2)18-11-19(17(27)10-15(18)22(16)37)31-5-7-32(8-6-31)24(38)26(39,12-20(33)34)13-21(35)36/h1,10-11,14,39H,4-9,12-13H2,2H3,(H,33,34)(H,35,36). The number of fused-ring (bicyclic) bond motifs is 1. The molecule has 41 heavy (non-hydrogen) atoms. The summed E-state index contributed by atoms with van der Waals surface area (Å²) in [5, 5.41) is 36.8. The van der Waals surface area contributed by atoms with Gasteiger partial charge in [-0.1, -0.05) is 17.7 Å². The summed E-state index contributed by atoms with van der Waals surface area (Å²) in [5.41, 5.74) is -2.37. The maximum absolute atomic E-state index is 15.4. The van der Waals surface area contributed by atoms with Crippen molar-refractivity contribution in [3.8, 4) is 23.8 Å². The molecule has 0 radical (unpaired) electrons. The number of aryl methyl sites for hydroxylation is 1. The number of benzene rings is 1. The molecule has 3 heterocycles. The van der Waals surface area contributed by atoms with Crippen molar-refractivity contribution in [2.45, 2.75) is 37.1 Å². The second-order valence-corrected chi connectivity index (χ2v) is 10.2. The molecule has 1 saturated heterocycles. The number of halogens is 1. The maximum Gasteiger partial charge on any atom is 0.306 e. The van der Waals surface area contributed by atoms with E-state index in [0.717, 1.165) is 22.7 Å². The molecule has 1 amide bonds. The number of amides is 1. The summed E-state index contributed by atoms with van der Waals surface area (Å²) in [6.07, 6.45) is 4.67. The smallest absolute Gasteiger partial charge is 0.306 e. The summed E-state index contributed by atoms with van der Waals surface area (Å²) in [5.74, 6) is -2.02. The summed E-state index contributed by atoms with van der Waals surface area (Å²) in [6, 6.07) is 2.66. The van der Waals surface area contributed by atoms with Crippen molar-refractivity contribution in [2.75, 3.05) is 36.8 Å². The lowest BCUT2D eigenvalue weighted by Crippen LogP contribution is -2.57. The van der Waals surface area contributed by atoms with Crippen molar-refractivity contribution in [3.05, 3.63) is 34.4 Å². The van der Waals surface area contributed by atoms with Crippen molar-refractivity contribution >= 4 is 46.2 Å². The highest BCUT2D eigenvalue weighted by molar-refractivity contribution is 7.99. The van der Waals surface area contributed by atoms with Gasteiger partial charge in [0.2, 0.25) is 5.43 Å². The van der Waals surface area contributed by atoms with E-state index in [4.69, 9.17) is 21.1 Å². The van der Waals surface area contributed by atoms with Gasteiger partial charge in [-0.2, -0.15) is 0 Å². The Morgan fingerprint density at radius 3 is 2.39 bits per heavy atom. The van der Waals surface area contributed by atoms with Gasteiger partial charge in [-0.15, -0.1) is 16.6 Å². The van der Waals surface area contributed by atoms with E-state index in [1.807, 2.05) is 6.92 Å². The van der Waals surface area contributed by atoms with Gasteiger partial charge < -0.3 is 34.1 Å². The van der Waals surface area contributed by atoms with Crippen LogP contribution in [0.4, 0.5) is 10.1 Å². The first-order valence-electron chi connectivity index (χ1n) is 12.4. The van der Waals surface area contributed by atoms with Crippen LogP contribution in [0.25, 0.3) is 22.4 Å². The van der Waals surface area contributed by atoms with Crippen molar-refractivity contribution < 1.29 is 38.5 Å². The van der Waals surface area contributed by atoms with Crippen molar-refractivity contribution in [3.63, 3.8) is 0 Å². The maximum atomic E-state index is 15.4. The fraction of sp³-hybridized carbons (Fsp3) is 0.385. The number of aromatic nitrogens is 3. The van der Waals surface area contributed by atoms with E-state index in [2.05, 4.69) is 16.1 Å². The van der Waals surface area contributed by atoms with Crippen LogP contribution in [0.1, 0.15) is 19.8 Å². The van der Waals surface area contributed by atoms with Gasteiger partial charge in [0.15, 0.2) is 5.60 Å². The van der Waals surface area contributed by atoms with Gasteiger partial charge in [-0.3, -0.25) is 19.2 Å². The Morgan fingerprint density at radius 1 is 1.15 bits per heavy atom. The summed E-state index contributed by atoms with van der Waals surface area (Å²) < 4.78 is 22.7. The molecule has 1 aromatic carbocycles. The number of carboxylic acids is 2. The normalized spacial score (nSPS) is 13.8. The molecule has 216 valence electrons. The molecule has 1 fully saturated rings. The van der Waals surface area contributed by atoms with Crippen molar-refractivity contribution in [2.24, 2.45) is 0 Å². The Balaban J connectivity index is 1.60. The minimum atomic E-state index is -2.61. The van der Waals surface area contributed by atoms with Crippen molar-refractivity contribution in [1.82, 2.24) is 19.7 Å². The van der Waals surface area contributed by atoms with E-state index in [1.54, 1.807) is 15.7 Å². The summed E-state index contributed by atoms with van der Waals surface area (Å²) in [4.78, 5) is 51.3. The zero-order valence-corrected chi connectivity index (χ0v) is 22.7. The largest absolute Gasteiger partial charge is 0.481 e. The lowest BCUT2D eigenvalue weighted by molar-refractivity contribution is -0.165. The molecule has 3 aromatic rings. The number of anilines is 1. The molecule has 0 aliphatic carbocycles. The second kappa shape index (κ2) is 12.0. The Bertz CT molecular complexity index is 1590. The highest BCUT2D eigenvalue weighted by atomic mass is 32.2. The lowest BCUT2D eigenvalue weighted by atomic mass is 9.93. The molecule has 0 bridgehead atoms. The Kier molecular flexibility index (Phi) is 8.64. The topological polar surface area (TPSA) is 179 Å². The van der Waals surface area contributed by atoms with Crippen LogP contribution < -0.4 is 10.3 Å². The van der Waals surface area contributed by atoms with Gasteiger partial charge in [-0.25, -0.2) is 4.39 Å². The quantitative estimate of drug-likeness (QED) is 0.229. The number of aliphatic hydroxyl groups is 1. The minimum Gasteiger partial charge on any atom is -0.481 e. The molecule has 13 nitrogen and oxygen atoms in total. The number of pyridine rings is 1. The average Bonchev–Trinajstić information content (AvgIpc) is 3.39. The molecule has 0 atom stereocenters. The molecule has 4 rings (SSSR count). The number of hydrogen-bond acceptors (Lipinski definition) is 10. The Hall–Kier alpha value is -4.42. The number of carbonyl (C=O) groups excluding carboxylic acids is 1. The number of terminal acetylenes is 1. The molecular weight excluding hydrogens is 561 g/mol. The van der Waals surface area contributed by atoms with Gasteiger partial charge in [0.05, 0.1) is 29.8 Å². The van der Waals surface area contributed by atoms with Crippen LogP contribution in [0.5, 0.6) is 0 Å². The second-order valence-electron chi connectivity index (χ2n) is 9.30.